The van der Waals surface area contributed by atoms with Gasteiger partial charge in [0.2, 0.25) is 5.88 Å². The second-order valence-corrected chi connectivity index (χ2v) is 6.94. The van der Waals surface area contributed by atoms with E-state index in [1.807, 2.05) is 54.6 Å². The molecule has 3 rings (SSSR count). The van der Waals surface area contributed by atoms with Crippen LogP contribution in [0.1, 0.15) is 25.7 Å². The first-order valence-corrected chi connectivity index (χ1v) is 9.67. The van der Waals surface area contributed by atoms with Crippen molar-refractivity contribution in [1.29, 1.82) is 0 Å². The third-order valence-electron chi connectivity index (χ3n) is 4.33. The average Bonchev–Trinajstić information content (AvgIpc) is 2.71. The van der Waals surface area contributed by atoms with Gasteiger partial charge in [-0.3, -0.25) is 4.79 Å². The molecule has 5 heteroatoms. The number of carboxylic acids is 1. The van der Waals surface area contributed by atoms with Gasteiger partial charge in [-0.25, -0.2) is 4.98 Å². The SMILES string of the molecule is O=C(O)CCCCCOc1cc(-c2ccccc2)cc(-c2ccc(Cl)cc2)n1. The van der Waals surface area contributed by atoms with Crippen molar-refractivity contribution in [3.8, 4) is 28.3 Å². The molecule has 2 aromatic carbocycles. The first-order chi connectivity index (χ1) is 13.6. The number of aliphatic carboxylic acids is 1. The molecule has 0 spiro atoms. The summed E-state index contributed by atoms with van der Waals surface area (Å²) in [4.78, 5) is 15.2. The van der Waals surface area contributed by atoms with Crippen molar-refractivity contribution in [2.75, 3.05) is 6.61 Å². The molecule has 1 heterocycles. The van der Waals surface area contributed by atoms with Crippen molar-refractivity contribution < 1.29 is 14.6 Å². The number of carbonyl (C=O) groups is 1. The van der Waals surface area contributed by atoms with E-state index in [2.05, 4.69) is 17.1 Å². The van der Waals surface area contributed by atoms with E-state index in [-0.39, 0.29) is 6.42 Å². The number of ether oxygens (including phenoxy) is 1. The standard InChI is InChI=1S/C23H22ClNO3/c24-20-12-10-18(11-13-20)21-15-19(17-7-3-1-4-8-17)16-22(25-21)28-14-6-2-5-9-23(26)27/h1,3-4,7-8,10-13,15-16H,2,5-6,9,14H2,(H,26,27). The minimum absolute atomic E-state index is 0.197. The van der Waals surface area contributed by atoms with Crippen LogP contribution in [-0.4, -0.2) is 22.7 Å². The molecule has 28 heavy (non-hydrogen) atoms. The molecule has 0 atom stereocenters. The van der Waals surface area contributed by atoms with Crippen molar-refractivity contribution in [3.05, 3.63) is 71.8 Å². The number of aromatic nitrogens is 1. The number of pyridine rings is 1. The zero-order valence-corrected chi connectivity index (χ0v) is 16.2. The van der Waals surface area contributed by atoms with Gasteiger partial charge in [-0.2, -0.15) is 0 Å². The molecular weight excluding hydrogens is 374 g/mol. The maximum atomic E-state index is 10.6. The van der Waals surface area contributed by atoms with E-state index in [9.17, 15) is 4.79 Å². The van der Waals surface area contributed by atoms with Gasteiger partial charge in [-0.05, 0) is 48.6 Å². The predicted octanol–water partition coefficient (Wildman–Crippen LogP) is 6.09. The summed E-state index contributed by atoms with van der Waals surface area (Å²) in [6.45, 7) is 0.505. The van der Waals surface area contributed by atoms with Gasteiger partial charge < -0.3 is 9.84 Å². The zero-order chi connectivity index (χ0) is 19.8. The second kappa shape index (κ2) is 9.90. The molecule has 0 aliphatic carbocycles. The third-order valence-corrected chi connectivity index (χ3v) is 4.59. The van der Waals surface area contributed by atoms with Gasteiger partial charge >= 0.3 is 5.97 Å². The first kappa shape index (κ1) is 19.9. The number of unbranched alkanes of at least 4 members (excludes halogenated alkanes) is 2. The molecule has 0 bridgehead atoms. The summed E-state index contributed by atoms with van der Waals surface area (Å²) < 4.78 is 5.88. The Labute approximate surface area is 169 Å². The number of halogens is 1. The highest BCUT2D eigenvalue weighted by atomic mass is 35.5. The van der Waals surface area contributed by atoms with Crippen molar-refractivity contribution >= 4 is 17.6 Å². The molecule has 3 aromatic rings. The number of hydrogen-bond acceptors (Lipinski definition) is 3. The number of hydrogen-bond donors (Lipinski definition) is 1. The van der Waals surface area contributed by atoms with E-state index in [4.69, 9.17) is 21.4 Å². The topological polar surface area (TPSA) is 59.4 Å². The Kier molecular flexibility index (Phi) is 7.04. The highest BCUT2D eigenvalue weighted by Crippen LogP contribution is 2.29. The second-order valence-electron chi connectivity index (χ2n) is 6.51. The van der Waals surface area contributed by atoms with E-state index in [1.165, 1.54) is 0 Å². The largest absolute Gasteiger partial charge is 0.481 e. The van der Waals surface area contributed by atoms with Crippen LogP contribution < -0.4 is 4.74 Å². The molecule has 0 saturated heterocycles. The Morgan fingerprint density at radius 3 is 2.36 bits per heavy atom. The van der Waals surface area contributed by atoms with Gasteiger partial charge in [0.05, 0.1) is 12.3 Å². The molecule has 0 radical (unpaired) electrons. The summed E-state index contributed by atoms with van der Waals surface area (Å²) in [5.74, 6) is -0.199. The normalized spacial score (nSPS) is 10.6. The zero-order valence-electron chi connectivity index (χ0n) is 15.5. The lowest BCUT2D eigenvalue weighted by Crippen LogP contribution is -2.01. The molecule has 144 valence electrons. The van der Waals surface area contributed by atoms with Crippen molar-refractivity contribution in [1.82, 2.24) is 4.98 Å². The predicted molar refractivity (Wildman–Crippen MR) is 112 cm³/mol. The molecule has 0 aliphatic rings. The highest BCUT2D eigenvalue weighted by molar-refractivity contribution is 6.30. The smallest absolute Gasteiger partial charge is 0.303 e. The summed E-state index contributed by atoms with van der Waals surface area (Å²) in [6.07, 6.45) is 2.46. The summed E-state index contributed by atoms with van der Waals surface area (Å²) in [7, 11) is 0. The van der Waals surface area contributed by atoms with Crippen molar-refractivity contribution in [2.24, 2.45) is 0 Å². The monoisotopic (exact) mass is 395 g/mol. The lowest BCUT2D eigenvalue weighted by molar-refractivity contribution is -0.137. The van der Waals surface area contributed by atoms with Crippen molar-refractivity contribution in [2.45, 2.75) is 25.7 Å². The Bertz CT molecular complexity index is 911. The van der Waals surface area contributed by atoms with Gasteiger partial charge in [0.15, 0.2) is 0 Å². The van der Waals surface area contributed by atoms with Crippen LogP contribution in [-0.2, 0) is 4.79 Å². The van der Waals surface area contributed by atoms with Crippen LogP contribution in [0.4, 0.5) is 0 Å². The number of carboxylic acid groups (broad SMARTS) is 1. The fourth-order valence-corrected chi connectivity index (χ4v) is 3.00. The van der Waals surface area contributed by atoms with Crippen LogP contribution >= 0.6 is 11.6 Å². The van der Waals surface area contributed by atoms with Gasteiger partial charge in [-0.15, -0.1) is 0 Å². The summed E-state index contributed by atoms with van der Waals surface area (Å²) >= 11 is 6.01. The van der Waals surface area contributed by atoms with Crippen molar-refractivity contribution in [3.63, 3.8) is 0 Å². The van der Waals surface area contributed by atoms with Crippen LogP contribution in [0.5, 0.6) is 5.88 Å². The quantitative estimate of drug-likeness (QED) is 0.445. The number of benzene rings is 2. The van der Waals surface area contributed by atoms with Gasteiger partial charge in [0, 0.05) is 23.1 Å². The lowest BCUT2D eigenvalue weighted by atomic mass is 10.0. The Morgan fingerprint density at radius 2 is 1.64 bits per heavy atom. The molecular formula is C23H22ClNO3. The molecule has 4 nitrogen and oxygen atoms in total. The Balaban J connectivity index is 1.77. The van der Waals surface area contributed by atoms with Gasteiger partial charge in [0.25, 0.3) is 0 Å². The fraction of sp³-hybridized carbons (Fsp3) is 0.217. The van der Waals surface area contributed by atoms with Crippen LogP contribution in [0.2, 0.25) is 5.02 Å². The molecule has 0 saturated carbocycles. The van der Waals surface area contributed by atoms with Gasteiger partial charge in [-0.1, -0.05) is 54.1 Å². The molecule has 0 unspecified atom stereocenters. The summed E-state index contributed by atoms with van der Waals surface area (Å²) in [5.41, 5.74) is 3.90. The Morgan fingerprint density at radius 1 is 0.893 bits per heavy atom. The fourth-order valence-electron chi connectivity index (χ4n) is 2.88. The van der Waals surface area contributed by atoms with Gasteiger partial charge in [0.1, 0.15) is 0 Å². The van der Waals surface area contributed by atoms with E-state index >= 15 is 0 Å². The van der Waals surface area contributed by atoms with Crippen LogP contribution in [0.3, 0.4) is 0 Å². The molecule has 0 amide bonds. The maximum Gasteiger partial charge on any atom is 0.303 e. The summed E-state index contributed by atoms with van der Waals surface area (Å²) in [6, 6.07) is 21.6. The van der Waals surface area contributed by atoms with Crippen LogP contribution in [0.25, 0.3) is 22.4 Å². The molecule has 1 N–H and O–H groups in total. The molecule has 1 aromatic heterocycles. The van der Waals surface area contributed by atoms with E-state index in [0.29, 0.717) is 23.9 Å². The molecule has 0 aliphatic heterocycles. The third kappa shape index (κ3) is 5.83. The summed E-state index contributed by atoms with van der Waals surface area (Å²) in [5, 5.41) is 9.37. The number of nitrogens with zero attached hydrogens (tertiary/aromatic N) is 1. The van der Waals surface area contributed by atoms with Crippen LogP contribution in [0.15, 0.2) is 66.7 Å². The highest BCUT2D eigenvalue weighted by Gasteiger charge is 2.08. The number of rotatable bonds is 9. The minimum atomic E-state index is -0.759. The first-order valence-electron chi connectivity index (χ1n) is 9.30. The Hall–Kier alpha value is -2.85. The molecule has 0 fully saturated rings. The average molecular weight is 396 g/mol. The van der Waals surface area contributed by atoms with E-state index < -0.39 is 5.97 Å². The van der Waals surface area contributed by atoms with E-state index in [0.717, 1.165) is 35.2 Å². The maximum absolute atomic E-state index is 10.6. The lowest BCUT2D eigenvalue weighted by Gasteiger charge is -2.11. The minimum Gasteiger partial charge on any atom is -0.481 e. The van der Waals surface area contributed by atoms with E-state index in [1.54, 1.807) is 0 Å². The van der Waals surface area contributed by atoms with Crippen LogP contribution in [0, 0.1) is 0 Å².